The van der Waals surface area contributed by atoms with Gasteiger partial charge in [-0.25, -0.2) is 9.59 Å². The van der Waals surface area contributed by atoms with Crippen LogP contribution in [0.3, 0.4) is 0 Å². The smallest absolute Gasteiger partial charge is 0.354 e. The van der Waals surface area contributed by atoms with Crippen LogP contribution >= 0.6 is 0 Å². The van der Waals surface area contributed by atoms with Gasteiger partial charge in [0.1, 0.15) is 5.69 Å². The SMILES string of the molecule is CCOC(=O)C=Cc1ccc(Cn2c(C(=O)OCC)cc3ccccc32)cc1. The van der Waals surface area contributed by atoms with E-state index in [0.29, 0.717) is 25.5 Å². The number of ether oxygens (including phenoxy) is 2. The summed E-state index contributed by atoms with van der Waals surface area (Å²) in [5, 5.41) is 1.000. The van der Waals surface area contributed by atoms with Crippen molar-refractivity contribution in [3.8, 4) is 0 Å². The molecular weight excluding hydrogens is 354 g/mol. The number of rotatable bonds is 7. The van der Waals surface area contributed by atoms with Gasteiger partial charge in [-0.15, -0.1) is 0 Å². The number of fused-ring (bicyclic) bond motifs is 1. The third-order valence-electron chi connectivity index (χ3n) is 4.31. The highest BCUT2D eigenvalue weighted by Crippen LogP contribution is 2.22. The maximum atomic E-state index is 12.4. The molecule has 0 amide bonds. The topological polar surface area (TPSA) is 57.5 Å². The fourth-order valence-corrected chi connectivity index (χ4v) is 3.03. The molecule has 0 radical (unpaired) electrons. The van der Waals surface area contributed by atoms with Crippen LogP contribution < -0.4 is 0 Å². The van der Waals surface area contributed by atoms with Gasteiger partial charge in [-0.3, -0.25) is 0 Å². The molecule has 144 valence electrons. The molecule has 0 fully saturated rings. The molecular formula is C23H23NO4. The number of benzene rings is 2. The maximum Gasteiger partial charge on any atom is 0.354 e. The van der Waals surface area contributed by atoms with Gasteiger partial charge >= 0.3 is 11.9 Å². The molecule has 0 saturated carbocycles. The lowest BCUT2D eigenvalue weighted by Crippen LogP contribution is -2.12. The zero-order valence-electron chi connectivity index (χ0n) is 16.1. The highest BCUT2D eigenvalue weighted by molar-refractivity contribution is 5.95. The molecule has 3 rings (SSSR count). The van der Waals surface area contributed by atoms with Crippen molar-refractivity contribution < 1.29 is 19.1 Å². The van der Waals surface area contributed by atoms with Gasteiger partial charge in [0.15, 0.2) is 0 Å². The summed E-state index contributed by atoms with van der Waals surface area (Å²) in [5.74, 6) is -0.683. The normalized spacial score (nSPS) is 11.1. The van der Waals surface area contributed by atoms with Gasteiger partial charge in [-0.05, 0) is 43.2 Å². The highest BCUT2D eigenvalue weighted by Gasteiger charge is 2.16. The zero-order valence-corrected chi connectivity index (χ0v) is 16.1. The van der Waals surface area contributed by atoms with Crippen molar-refractivity contribution >= 4 is 28.9 Å². The van der Waals surface area contributed by atoms with Crippen molar-refractivity contribution in [1.82, 2.24) is 4.57 Å². The summed E-state index contributed by atoms with van der Waals surface area (Å²) in [6.45, 7) is 4.81. The van der Waals surface area contributed by atoms with Gasteiger partial charge in [0.2, 0.25) is 0 Å². The molecule has 0 unspecified atom stereocenters. The Balaban J connectivity index is 1.85. The number of nitrogens with zero attached hydrogens (tertiary/aromatic N) is 1. The number of hydrogen-bond acceptors (Lipinski definition) is 4. The molecule has 0 spiro atoms. The van der Waals surface area contributed by atoms with Crippen LogP contribution in [0.5, 0.6) is 0 Å². The van der Waals surface area contributed by atoms with Crippen molar-refractivity contribution in [1.29, 1.82) is 0 Å². The predicted octanol–water partition coefficient (Wildman–Crippen LogP) is 4.44. The summed E-state index contributed by atoms with van der Waals surface area (Å²) in [6, 6.07) is 17.6. The van der Waals surface area contributed by atoms with Crippen molar-refractivity contribution in [2.45, 2.75) is 20.4 Å². The van der Waals surface area contributed by atoms with E-state index in [1.807, 2.05) is 59.2 Å². The maximum absolute atomic E-state index is 12.4. The van der Waals surface area contributed by atoms with Crippen molar-refractivity contribution in [3.63, 3.8) is 0 Å². The van der Waals surface area contributed by atoms with Crippen LogP contribution in [0.4, 0.5) is 0 Å². The molecule has 0 bridgehead atoms. The number of para-hydroxylation sites is 1. The third kappa shape index (κ3) is 4.49. The first-order chi connectivity index (χ1) is 13.6. The summed E-state index contributed by atoms with van der Waals surface area (Å²) in [4.78, 5) is 23.8. The lowest BCUT2D eigenvalue weighted by atomic mass is 10.1. The summed E-state index contributed by atoms with van der Waals surface area (Å²) < 4.78 is 12.1. The van der Waals surface area contributed by atoms with Crippen molar-refractivity contribution in [2.75, 3.05) is 13.2 Å². The summed E-state index contributed by atoms with van der Waals surface area (Å²) in [6.07, 6.45) is 3.13. The summed E-state index contributed by atoms with van der Waals surface area (Å²) >= 11 is 0. The Kier molecular flexibility index (Phi) is 6.27. The highest BCUT2D eigenvalue weighted by atomic mass is 16.5. The van der Waals surface area contributed by atoms with Crippen molar-refractivity contribution in [3.05, 3.63) is 77.5 Å². The number of aromatic nitrogens is 1. The zero-order chi connectivity index (χ0) is 19.9. The Morgan fingerprint density at radius 2 is 1.68 bits per heavy atom. The molecule has 5 heteroatoms. The van der Waals surface area contributed by atoms with Crippen LogP contribution in [0.1, 0.15) is 35.5 Å². The van der Waals surface area contributed by atoms with Crippen LogP contribution in [-0.2, 0) is 20.8 Å². The largest absolute Gasteiger partial charge is 0.463 e. The van der Waals surface area contributed by atoms with Gasteiger partial charge in [-0.1, -0.05) is 42.5 Å². The molecule has 0 aliphatic carbocycles. The van der Waals surface area contributed by atoms with E-state index >= 15 is 0 Å². The molecule has 2 aromatic carbocycles. The Hall–Kier alpha value is -3.34. The monoisotopic (exact) mass is 377 g/mol. The van der Waals surface area contributed by atoms with E-state index in [1.165, 1.54) is 6.08 Å². The molecule has 0 N–H and O–H groups in total. The van der Waals surface area contributed by atoms with E-state index < -0.39 is 0 Å². The average molecular weight is 377 g/mol. The molecule has 0 aliphatic heterocycles. The number of esters is 2. The molecule has 5 nitrogen and oxygen atoms in total. The lowest BCUT2D eigenvalue weighted by molar-refractivity contribution is -0.137. The molecule has 0 aliphatic rings. The van der Waals surface area contributed by atoms with Crippen LogP contribution in [0.25, 0.3) is 17.0 Å². The standard InChI is InChI=1S/C23H23NO4/c1-3-27-22(25)14-13-17-9-11-18(12-10-17)16-24-20-8-6-5-7-19(20)15-21(24)23(26)28-4-2/h5-15H,3-4,16H2,1-2H3. The Morgan fingerprint density at radius 1 is 0.964 bits per heavy atom. The second-order valence-electron chi connectivity index (χ2n) is 6.22. The molecule has 1 aromatic heterocycles. The number of carbonyl (C=O) groups is 2. The average Bonchev–Trinajstić information content (AvgIpc) is 3.07. The Labute approximate surface area is 164 Å². The quantitative estimate of drug-likeness (QED) is 0.451. The summed E-state index contributed by atoms with van der Waals surface area (Å²) in [7, 11) is 0. The fraction of sp³-hybridized carbons (Fsp3) is 0.217. The molecule has 0 atom stereocenters. The minimum atomic E-state index is -0.357. The van der Waals surface area contributed by atoms with E-state index in [0.717, 1.165) is 22.0 Å². The second-order valence-corrected chi connectivity index (χ2v) is 6.22. The van der Waals surface area contributed by atoms with Crippen LogP contribution in [0.2, 0.25) is 0 Å². The van der Waals surface area contributed by atoms with Crippen molar-refractivity contribution in [2.24, 2.45) is 0 Å². The first kappa shape index (κ1) is 19.4. The van der Waals surface area contributed by atoms with E-state index in [9.17, 15) is 9.59 Å². The van der Waals surface area contributed by atoms with E-state index in [4.69, 9.17) is 9.47 Å². The Morgan fingerprint density at radius 3 is 2.39 bits per heavy atom. The van der Waals surface area contributed by atoms with E-state index in [-0.39, 0.29) is 11.9 Å². The van der Waals surface area contributed by atoms with Gasteiger partial charge in [-0.2, -0.15) is 0 Å². The van der Waals surface area contributed by atoms with Gasteiger partial charge < -0.3 is 14.0 Å². The van der Waals surface area contributed by atoms with Crippen LogP contribution in [-0.4, -0.2) is 29.7 Å². The summed E-state index contributed by atoms with van der Waals surface area (Å²) in [5.41, 5.74) is 3.46. The fourth-order valence-electron chi connectivity index (χ4n) is 3.03. The minimum absolute atomic E-state index is 0.326. The minimum Gasteiger partial charge on any atom is -0.463 e. The number of carbonyl (C=O) groups excluding carboxylic acids is 2. The third-order valence-corrected chi connectivity index (χ3v) is 4.31. The van der Waals surface area contributed by atoms with Crippen LogP contribution in [0, 0.1) is 0 Å². The number of hydrogen-bond donors (Lipinski definition) is 0. The van der Waals surface area contributed by atoms with Crippen LogP contribution in [0.15, 0.2) is 60.7 Å². The molecule has 1 heterocycles. The van der Waals surface area contributed by atoms with Gasteiger partial charge in [0.05, 0.1) is 13.2 Å². The first-order valence-corrected chi connectivity index (χ1v) is 9.31. The lowest BCUT2D eigenvalue weighted by Gasteiger charge is -2.11. The van der Waals surface area contributed by atoms with Gasteiger partial charge in [0, 0.05) is 23.5 Å². The van der Waals surface area contributed by atoms with E-state index in [2.05, 4.69) is 0 Å². The predicted molar refractivity (Wildman–Crippen MR) is 109 cm³/mol. The molecule has 3 aromatic rings. The molecule has 0 saturated heterocycles. The first-order valence-electron chi connectivity index (χ1n) is 9.31. The molecule has 28 heavy (non-hydrogen) atoms. The second kappa shape index (κ2) is 9.04. The van der Waals surface area contributed by atoms with E-state index in [1.54, 1.807) is 19.9 Å². The van der Waals surface area contributed by atoms with Gasteiger partial charge in [0.25, 0.3) is 0 Å². The Bertz CT molecular complexity index is 999.